The fraction of sp³-hybridized carbons (Fsp3) is 0.261. The first kappa shape index (κ1) is 25.7. The van der Waals surface area contributed by atoms with E-state index >= 15 is 0 Å². The number of rotatable bonds is 8. The van der Waals surface area contributed by atoms with Gasteiger partial charge in [0.1, 0.15) is 5.82 Å². The van der Waals surface area contributed by atoms with E-state index in [1.54, 1.807) is 31.2 Å². The molecule has 2 N–H and O–H groups in total. The van der Waals surface area contributed by atoms with Crippen molar-refractivity contribution in [2.24, 2.45) is 0 Å². The molecule has 0 aliphatic rings. The Morgan fingerprint density at radius 2 is 1.73 bits per heavy atom. The van der Waals surface area contributed by atoms with Crippen LogP contribution in [0.5, 0.6) is 5.88 Å². The predicted octanol–water partition coefficient (Wildman–Crippen LogP) is 5.44. The second-order valence-electron chi connectivity index (χ2n) is 7.95. The number of imidazole rings is 1. The van der Waals surface area contributed by atoms with Gasteiger partial charge in [-0.05, 0) is 33.5 Å². The molecule has 0 bridgehead atoms. The Kier molecular flexibility index (Phi) is 6.92. The molecule has 14 heteroatoms. The number of benzene rings is 2. The molecule has 0 saturated heterocycles. The number of hydrogen-bond donors (Lipinski definition) is 2. The van der Waals surface area contributed by atoms with Crippen molar-refractivity contribution >= 4 is 6.16 Å². The maximum atomic E-state index is 14.3. The van der Waals surface area contributed by atoms with Crippen LogP contribution >= 0.6 is 0 Å². The van der Waals surface area contributed by atoms with Crippen LogP contribution in [0.15, 0.2) is 48.5 Å². The van der Waals surface area contributed by atoms with E-state index in [2.05, 4.69) is 30.3 Å². The van der Waals surface area contributed by atoms with Gasteiger partial charge in [-0.25, -0.2) is 14.9 Å². The third-order valence-electron chi connectivity index (χ3n) is 5.44. The van der Waals surface area contributed by atoms with Gasteiger partial charge in [0.15, 0.2) is 11.5 Å². The van der Waals surface area contributed by atoms with E-state index in [4.69, 9.17) is 5.11 Å². The summed E-state index contributed by atoms with van der Waals surface area (Å²) in [5.74, 6) is -6.32. The first-order chi connectivity index (χ1) is 17.5. The standard InChI is InChI=1S/C23H19F5N6O3/c1-2-5-17-29-18(22(24,25)23(26,27)28)20(37-21(35)36)34(17)12-13-8-10-14(11-9-13)15-6-3-4-7-16(15)19-30-32-33-31-19/h3-4,6-11H,2,5,12H2,1H3,(H,35,36)(H,30,31,32,33). The van der Waals surface area contributed by atoms with Crippen LogP contribution in [-0.4, -0.2) is 47.6 Å². The molecule has 0 fully saturated rings. The highest BCUT2D eigenvalue weighted by Gasteiger charge is 2.62. The molecule has 0 radical (unpaired) electrons. The summed E-state index contributed by atoms with van der Waals surface area (Å²) in [6, 6.07) is 14.0. The Balaban J connectivity index is 1.73. The van der Waals surface area contributed by atoms with Crippen molar-refractivity contribution in [2.45, 2.75) is 38.4 Å². The van der Waals surface area contributed by atoms with Crippen LogP contribution in [0, 0.1) is 0 Å². The number of tetrazole rings is 1. The van der Waals surface area contributed by atoms with E-state index in [9.17, 15) is 26.7 Å². The zero-order valence-corrected chi connectivity index (χ0v) is 19.1. The molecule has 0 unspecified atom stereocenters. The quantitative estimate of drug-likeness (QED) is 0.234. The second-order valence-corrected chi connectivity index (χ2v) is 7.95. The zero-order chi connectivity index (χ0) is 26.8. The van der Waals surface area contributed by atoms with Crippen molar-refractivity contribution in [1.82, 2.24) is 30.2 Å². The van der Waals surface area contributed by atoms with Gasteiger partial charge in [-0.15, -0.1) is 5.10 Å². The van der Waals surface area contributed by atoms with Crippen LogP contribution in [-0.2, 0) is 18.9 Å². The van der Waals surface area contributed by atoms with E-state index in [1.807, 2.05) is 24.3 Å². The van der Waals surface area contributed by atoms with Crippen LogP contribution in [0.2, 0.25) is 0 Å². The van der Waals surface area contributed by atoms with Crippen LogP contribution in [0.3, 0.4) is 0 Å². The molecule has 0 atom stereocenters. The van der Waals surface area contributed by atoms with E-state index in [0.717, 1.165) is 21.3 Å². The van der Waals surface area contributed by atoms with Crippen molar-refractivity contribution in [3.05, 3.63) is 65.6 Å². The van der Waals surface area contributed by atoms with Crippen LogP contribution in [0.4, 0.5) is 26.7 Å². The normalized spacial score (nSPS) is 12.1. The Morgan fingerprint density at radius 3 is 2.30 bits per heavy atom. The number of nitrogens with zero attached hydrogens (tertiary/aromatic N) is 5. The SMILES string of the molecule is CCCc1nc(C(F)(F)C(F)(F)F)c(OC(=O)O)n1Cc1ccc(-c2ccccc2-c2nnn[nH]2)cc1. The van der Waals surface area contributed by atoms with Crippen LogP contribution in [0.25, 0.3) is 22.5 Å². The lowest BCUT2D eigenvalue weighted by Crippen LogP contribution is -2.34. The Morgan fingerprint density at radius 1 is 1.05 bits per heavy atom. The summed E-state index contributed by atoms with van der Waals surface area (Å²) in [6.07, 6.45) is -7.68. The number of carbonyl (C=O) groups is 1. The molecule has 37 heavy (non-hydrogen) atoms. The van der Waals surface area contributed by atoms with E-state index < -0.39 is 29.8 Å². The number of nitrogens with one attached hydrogen (secondary N) is 1. The maximum Gasteiger partial charge on any atom is 0.512 e. The summed E-state index contributed by atoms with van der Waals surface area (Å²) in [4.78, 5) is 14.7. The van der Waals surface area contributed by atoms with Gasteiger partial charge in [-0.3, -0.25) is 4.57 Å². The average molecular weight is 522 g/mol. The summed E-state index contributed by atoms with van der Waals surface area (Å²) in [5, 5.41) is 22.8. The highest BCUT2D eigenvalue weighted by Crippen LogP contribution is 2.47. The number of alkyl halides is 5. The number of halogens is 5. The fourth-order valence-corrected chi connectivity index (χ4v) is 3.77. The highest BCUT2D eigenvalue weighted by molar-refractivity contribution is 5.80. The first-order valence-corrected chi connectivity index (χ1v) is 10.9. The molecule has 9 nitrogen and oxygen atoms in total. The molecule has 194 valence electrons. The Labute approximate surface area is 205 Å². The number of carboxylic acid groups (broad SMARTS) is 1. The lowest BCUT2D eigenvalue weighted by Gasteiger charge is -2.18. The maximum absolute atomic E-state index is 14.3. The average Bonchev–Trinajstić information content (AvgIpc) is 3.49. The van der Waals surface area contributed by atoms with Gasteiger partial charge in [0.05, 0.1) is 6.54 Å². The van der Waals surface area contributed by atoms with E-state index in [0.29, 0.717) is 17.8 Å². The molecular formula is C23H19F5N6O3. The number of aromatic amines is 1. The van der Waals surface area contributed by atoms with Gasteiger partial charge >= 0.3 is 18.3 Å². The smallest absolute Gasteiger partial charge is 0.449 e. The topological polar surface area (TPSA) is 119 Å². The Bertz CT molecular complexity index is 1390. The molecule has 0 spiro atoms. The minimum Gasteiger partial charge on any atom is -0.449 e. The highest BCUT2D eigenvalue weighted by atomic mass is 19.4. The first-order valence-electron chi connectivity index (χ1n) is 10.9. The van der Waals surface area contributed by atoms with Gasteiger partial charge in [-0.1, -0.05) is 55.5 Å². The van der Waals surface area contributed by atoms with Crippen molar-refractivity contribution in [3.63, 3.8) is 0 Å². The van der Waals surface area contributed by atoms with Crippen molar-refractivity contribution in [2.75, 3.05) is 0 Å². The van der Waals surface area contributed by atoms with Crippen LogP contribution < -0.4 is 4.74 Å². The number of hydrogen-bond acceptors (Lipinski definition) is 6. The lowest BCUT2D eigenvalue weighted by molar-refractivity contribution is -0.291. The van der Waals surface area contributed by atoms with Gasteiger partial charge in [0.2, 0.25) is 5.88 Å². The summed E-state index contributed by atoms with van der Waals surface area (Å²) in [6.45, 7) is 1.42. The van der Waals surface area contributed by atoms with E-state index in [1.165, 1.54) is 0 Å². The third-order valence-corrected chi connectivity index (χ3v) is 5.44. The molecule has 2 aromatic carbocycles. The predicted molar refractivity (Wildman–Crippen MR) is 119 cm³/mol. The monoisotopic (exact) mass is 522 g/mol. The molecule has 2 aromatic heterocycles. The van der Waals surface area contributed by atoms with Crippen LogP contribution in [0.1, 0.15) is 30.4 Å². The van der Waals surface area contributed by atoms with E-state index in [-0.39, 0.29) is 18.8 Å². The van der Waals surface area contributed by atoms with Gasteiger partial charge in [0.25, 0.3) is 0 Å². The largest absolute Gasteiger partial charge is 0.512 e. The summed E-state index contributed by atoms with van der Waals surface area (Å²) in [5.41, 5.74) is 0.938. The molecular weight excluding hydrogens is 503 g/mol. The molecule has 0 saturated carbocycles. The third kappa shape index (κ3) is 5.13. The lowest BCUT2D eigenvalue weighted by atomic mass is 9.98. The molecule has 4 rings (SSSR count). The van der Waals surface area contributed by atoms with Crippen molar-refractivity contribution in [1.29, 1.82) is 0 Å². The number of aryl methyl sites for hydroxylation is 1. The molecule has 0 amide bonds. The molecule has 4 aromatic rings. The summed E-state index contributed by atoms with van der Waals surface area (Å²) >= 11 is 0. The van der Waals surface area contributed by atoms with Crippen molar-refractivity contribution < 1.29 is 36.6 Å². The fourth-order valence-electron chi connectivity index (χ4n) is 3.77. The van der Waals surface area contributed by atoms with Gasteiger partial charge in [0, 0.05) is 12.0 Å². The van der Waals surface area contributed by atoms with Crippen molar-refractivity contribution in [3.8, 4) is 28.4 Å². The van der Waals surface area contributed by atoms with Gasteiger partial charge < -0.3 is 9.84 Å². The summed E-state index contributed by atoms with van der Waals surface area (Å²) < 4.78 is 73.2. The summed E-state index contributed by atoms with van der Waals surface area (Å²) in [7, 11) is 0. The number of H-pyrrole nitrogens is 1. The minimum atomic E-state index is -6.00. The zero-order valence-electron chi connectivity index (χ0n) is 19.1. The number of ether oxygens (including phenoxy) is 1. The second kappa shape index (κ2) is 9.95. The molecule has 0 aliphatic heterocycles. The minimum absolute atomic E-state index is 0.0145. The Hall–Kier alpha value is -4.36. The number of aromatic nitrogens is 6. The molecule has 0 aliphatic carbocycles. The van der Waals surface area contributed by atoms with Gasteiger partial charge in [-0.2, -0.15) is 22.0 Å². The molecule has 2 heterocycles.